The molecular weight excluding hydrogens is 316 g/mol. The van der Waals surface area contributed by atoms with Crippen LogP contribution in [-0.2, 0) is 9.59 Å². The van der Waals surface area contributed by atoms with E-state index in [0.29, 0.717) is 26.2 Å². The van der Waals surface area contributed by atoms with Gasteiger partial charge in [-0.3, -0.25) is 9.59 Å². The number of ether oxygens (including phenoxy) is 1. The highest BCUT2D eigenvalue weighted by molar-refractivity contribution is 5.80. The molecule has 5 heteroatoms. The lowest BCUT2D eigenvalue weighted by Crippen LogP contribution is -2.52. The van der Waals surface area contributed by atoms with E-state index in [9.17, 15) is 9.59 Å². The number of hydrogen-bond acceptors (Lipinski definition) is 3. The highest BCUT2D eigenvalue weighted by Gasteiger charge is 2.30. The van der Waals surface area contributed by atoms with Gasteiger partial charge in [-0.15, -0.1) is 0 Å². The van der Waals surface area contributed by atoms with Crippen molar-refractivity contribution < 1.29 is 14.3 Å². The molecule has 0 bridgehead atoms. The molecule has 1 aromatic carbocycles. The van der Waals surface area contributed by atoms with Crippen LogP contribution in [0.1, 0.15) is 36.8 Å². The molecule has 1 aliphatic heterocycles. The van der Waals surface area contributed by atoms with Crippen LogP contribution in [0.2, 0.25) is 0 Å². The molecule has 0 aromatic heterocycles. The van der Waals surface area contributed by atoms with Crippen LogP contribution in [0, 0.1) is 19.8 Å². The van der Waals surface area contributed by atoms with Crippen LogP contribution in [0.25, 0.3) is 0 Å². The number of carbonyl (C=O) groups excluding carboxylic acids is 2. The van der Waals surface area contributed by atoms with Crippen molar-refractivity contribution in [3.8, 4) is 5.75 Å². The fourth-order valence-electron chi connectivity index (χ4n) is 3.80. The molecule has 136 valence electrons. The molecular formula is C20H28N2O3. The largest absolute Gasteiger partial charge is 0.484 e. The molecule has 1 saturated heterocycles. The summed E-state index contributed by atoms with van der Waals surface area (Å²) >= 11 is 0. The van der Waals surface area contributed by atoms with E-state index in [1.54, 1.807) is 0 Å². The minimum Gasteiger partial charge on any atom is -0.484 e. The molecule has 3 rings (SSSR count). The number of rotatable bonds is 4. The van der Waals surface area contributed by atoms with Crippen LogP contribution in [-0.4, -0.2) is 54.4 Å². The molecule has 2 amide bonds. The lowest BCUT2D eigenvalue weighted by atomic mass is 10.1. The van der Waals surface area contributed by atoms with Crippen molar-refractivity contribution in [1.82, 2.24) is 9.80 Å². The zero-order chi connectivity index (χ0) is 17.8. The quantitative estimate of drug-likeness (QED) is 0.843. The van der Waals surface area contributed by atoms with Crippen LogP contribution >= 0.6 is 0 Å². The van der Waals surface area contributed by atoms with Gasteiger partial charge in [0, 0.05) is 32.1 Å². The average molecular weight is 344 g/mol. The van der Waals surface area contributed by atoms with E-state index in [-0.39, 0.29) is 24.3 Å². The van der Waals surface area contributed by atoms with Crippen molar-refractivity contribution >= 4 is 11.8 Å². The maximum Gasteiger partial charge on any atom is 0.260 e. The van der Waals surface area contributed by atoms with E-state index in [0.717, 1.165) is 24.2 Å². The van der Waals surface area contributed by atoms with Gasteiger partial charge in [-0.2, -0.15) is 0 Å². The van der Waals surface area contributed by atoms with E-state index in [1.165, 1.54) is 18.4 Å². The van der Waals surface area contributed by atoms with Crippen LogP contribution in [0.15, 0.2) is 18.2 Å². The molecule has 0 unspecified atom stereocenters. The van der Waals surface area contributed by atoms with Gasteiger partial charge in [0.2, 0.25) is 5.91 Å². The smallest absolute Gasteiger partial charge is 0.260 e. The van der Waals surface area contributed by atoms with E-state index < -0.39 is 0 Å². The second kappa shape index (κ2) is 7.89. The molecule has 2 aliphatic rings. The molecule has 0 N–H and O–H groups in total. The first-order chi connectivity index (χ1) is 12.0. The first-order valence-corrected chi connectivity index (χ1v) is 9.31. The second-order valence-corrected chi connectivity index (χ2v) is 7.25. The van der Waals surface area contributed by atoms with Crippen molar-refractivity contribution in [3.05, 3.63) is 29.3 Å². The summed E-state index contributed by atoms with van der Waals surface area (Å²) in [6.07, 6.45) is 4.40. The van der Waals surface area contributed by atoms with Crippen molar-refractivity contribution in [2.24, 2.45) is 5.92 Å². The fourth-order valence-corrected chi connectivity index (χ4v) is 3.80. The van der Waals surface area contributed by atoms with Gasteiger partial charge in [-0.1, -0.05) is 30.5 Å². The van der Waals surface area contributed by atoms with E-state index in [4.69, 9.17) is 4.74 Å². The van der Waals surface area contributed by atoms with Crippen molar-refractivity contribution in [2.75, 3.05) is 32.8 Å². The molecule has 1 heterocycles. The van der Waals surface area contributed by atoms with Crippen LogP contribution in [0.5, 0.6) is 5.75 Å². The Kier molecular flexibility index (Phi) is 5.61. The minimum absolute atomic E-state index is 0.00654. The zero-order valence-electron chi connectivity index (χ0n) is 15.3. The molecule has 0 radical (unpaired) electrons. The Morgan fingerprint density at radius 3 is 2.32 bits per heavy atom. The topological polar surface area (TPSA) is 49.9 Å². The lowest BCUT2D eigenvalue weighted by molar-refractivity contribution is -0.142. The lowest BCUT2D eigenvalue weighted by Gasteiger charge is -2.36. The third-order valence-corrected chi connectivity index (χ3v) is 5.33. The Hall–Kier alpha value is -2.04. The maximum atomic E-state index is 12.5. The highest BCUT2D eigenvalue weighted by Crippen LogP contribution is 2.27. The molecule has 25 heavy (non-hydrogen) atoms. The Labute approximate surface area is 149 Å². The number of hydrogen-bond donors (Lipinski definition) is 0. The minimum atomic E-state index is -0.00654. The van der Waals surface area contributed by atoms with Crippen molar-refractivity contribution in [2.45, 2.75) is 39.5 Å². The number of piperazine rings is 1. The van der Waals surface area contributed by atoms with Gasteiger partial charge in [-0.05, 0) is 38.3 Å². The SMILES string of the molecule is Cc1ccc(OCC(=O)N2CCN(C(=O)C3CCCC3)CC2)c(C)c1. The summed E-state index contributed by atoms with van der Waals surface area (Å²) < 4.78 is 5.69. The molecule has 0 spiro atoms. The Morgan fingerprint density at radius 2 is 1.68 bits per heavy atom. The van der Waals surface area contributed by atoms with Crippen LogP contribution in [0.3, 0.4) is 0 Å². The van der Waals surface area contributed by atoms with E-state index in [1.807, 2.05) is 41.8 Å². The van der Waals surface area contributed by atoms with Gasteiger partial charge >= 0.3 is 0 Å². The van der Waals surface area contributed by atoms with Gasteiger partial charge in [0.15, 0.2) is 6.61 Å². The summed E-state index contributed by atoms with van der Waals surface area (Å²) in [7, 11) is 0. The number of nitrogens with zero attached hydrogens (tertiary/aromatic N) is 2. The number of amides is 2. The van der Waals surface area contributed by atoms with E-state index >= 15 is 0 Å². The molecule has 0 atom stereocenters. The monoisotopic (exact) mass is 344 g/mol. The second-order valence-electron chi connectivity index (χ2n) is 7.25. The average Bonchev–Trinajstić information content (AvgIpc) is 3.15. The first kappa shape index (κ1) is 17.8. The normalized spacial score (nSPS) is 18.5. The van der Waals surface area contributed by atoms with E-state index in [2.05, 4.69) is 0 Å². The Morgan fingerprint density at radius 1 is 1.04 bits per heavy atom. The summed E-state index contributed by atoms with van der Waals surface area (Å²) in [6, 6.07) is 5.95. The maximum absolute atomic E-state index is 12.5. The summed E-state index contributed by atoms with van der Waals surface area (Å²) in [4.78, 5) is 28.6. The number of aryl methyl sites for hydroxylation is 2. The summed E-state index contributed by atoms with van der Waals surface area (Å²) in [6.45, 7) is 6.57. The summed E-state index contributed by atoms with van der Waals surface area (Å²) in [5.41, 5.74) is 2.22. The third kappa shape index (κ3) is 4.33. The van der Waals surface area contributed by atoms with Crippen LogP contribution in [0.4, 0.5) is 0 Å². The predicted molar refractivity (Wildman–Crippen MR) is 96.5 cm³/mol. The Balaban J connectivity index is 1.45. The predicted octanol–water partition coefficient (Wildman–Crippen LogP) is 2.54. The van der Waals surface area contributed by atoms with Gasteiger partial charge in [0.1, 0.15) is 5.75 Å². The molecule has 1 saturated carbocycles. The van der Waals surface area contributed by atoms with Crippen molar-refractivity contribution in [3.63, 3.8) is 0 Å². The fraction of sp³-hybridized carbons (Fsp3) is 0.600. The molecule has 1 aliphatic carbocycles. The number of benzene rings is 1. The first-order valence-electron chi connectivity index (χ1n) is 9.31. The number of carbonyl (C=O) groups is 2. The zero-order valence-corrected chi connectivity index (χ0v) is 15.3. The van der Waals surface area contributed by atoms with Gasteiger partial charge in [-0.25, -0.2) is 0 Å². The molecule has 1 aromatic rings. The van der Waals surface area contributed by atoms with Gasteiger partial charge in [0.05, 0.1) is 0 Å². The van der Waals surface area contributed by atoms with Crippen molar-refractivity contribution in [1.29, 1.82) is 0 Å². The third-order valence-electron chi connectivity index (χ3n) is 5.33. The van der Waals surface area contributed by atoms with Gasteiger partial charge in [0.25, 0.3) is 5.91 Å². The molecule has 5 nitrogen and oxygen atoms in total. The standard InChI is InChI=1S/C20H28N2O3/c1-15-7-8-18(16(2)13-15)25-14-19(23)21-9-11-22(12-10-21)20(24)17-5-3-4-6-17/h7-8,13,17H,3-6,9-12,14H2,1-2H3. The Bertz CT molecular complexity index is 630. The summed E-state index contributed by atoms with van der Waals surface area (Å²) in [5.74, 6) is 1.26. The molecule has 2 fully saturated rings. The van der Waals surface area contributed by atoms with Crippen LogP contribution < -0.4 is 4.74 Å². The summed E-state index contributed by atoms with van der Waals surface area (Å²) in [5, 5.41) is 0. The highest BCUT2D eigenvalue weighted by atomic mass is 16.5. The van der Waals surface area contributed by atoms with Gasteiger partial charge < -0.3 is 14.5 Å².